The molecule has 1 aromatic carbocycles. The molecule has 2 aromatic heterocycles. The van der Waals surface area contributed by atoms with Gasteiger partial charge in [-0.15, -0.1) is 0 Å². The first-order valence-corrected chi connectivity index (χ1v) is 7.05. The minimum atomic E-state index is -1.15. The Bertz CT molecular complexity index is 920. The Morgan fingerprint density at radius 2 is 1.88 bits per heavy atom. The van der Waals surface area contributed by atoms with Crippen molar-refractivity contribution in [3.05, 3.63) is 65.3 Å². The number of nitrogens with one attached hydrogen (secondary N) is 1. The molecule has 0 aliphatic rings. The number of anilines is 1. The molecule has 2 heterocycles. The van der Waals surface area contributed by atoms with E-state index in [1.807, 2.05) is 0 Å². The maximum absolute atomic E-state index is 13.7. The van der Waals surface area contributed by atoms with Crippen LogP contribution < -0.4 is 11.1 Å². The molecule has 0 unspecified atom stereocenters. The van der Waals surface area contributed by atoms with E-state index in [4.69, 9.17) is 10.3 Å². The minimum absolute atomic E-state index is 0.0686. The average Bonchev–Trinajstić information content (AvgIpc) is 3.01. The summed E-state index contributed by atoms with van der Waals surface area (Å²) in [5.41, 5.74) is 5.21. The lowest BCUT2D eigenvalue weighted by Crippen LogP contribution is -2.22. The molecule has 9 heteroatoms. The van der Waals surface area contributed by atoms with Crippen LogP contribution in [0.2, 0.25) is 0 Å². The Balaban J connectivity index is 1.76. The van der Waals surface area contributed by atoms with E-state index in [1.54, 1.807) is 18.2 Å². The van der Waals surface area contributed by atoms with Crippen LogP contribution in [0, 0.1) is 17.5 Å². The number of hydrogen-bond donors (Lipinski definition) is 2. The summed E-state index contributed by atoms with van der Waals surface area (Å²) in [6.07, 6.45) is 0. The maximum Gasteiger partial charge on any atom is 0.290 e. The number of carbonyl (C=O) groups excluding carboxylic acids is 1. The molecule has 3 rings (SSSR count). The van der Waals surface area contributed by atoms with Gasteiger partial charge < -0.3 is 15.6 Å². The van der Waals surface area contributed by atoms with Crippen LogP contribution in [0.4, 0.5) is 19.0 Å². The van der Waals surface area contributed by atoms with Crippen molar-refractivity contribution in [2.45, 2.75) is 6.54 Å². The SMILES string of the molecule is Nc1cccc(CNC(=O)c2cc(-c3c(F)cc(F)cc3F)no2)n1. The standard InChI is InChI=1S/C16H11F3N4O2/c17-8-4-10(18)15(11(19)5-8)12-6-13(25-23-12)16(24)21-7-9-2-1-3-14(20)22-9/h1-6H,7H2,(H2,20,22)(H,21,24). The number of rotatable bonds is 4. The Morgan fingerprint density at radius 1 is 1.16 bits per heavy atom. The molecule has 128 valence electrons. The van der Waals surface area contributed by atoms with Crippen molar-refractivity contribution in [3.63, 3.8) is 0 Å². The van der Waals surface area contributed by atoms with E-state index >= 15 is 0 Å². The van der Waals surface area contributed by atoms with Crippen molar-refractivity contribution in [1.29, 1.82) is 0 Å². The minimum Gasteiger partial charge on any atom is -0.384 e. The van der Waals surface area contributed by atoms with Crippen molar-refractivity contribution < 1.29 is 22.5 Å². The van der Waals surface area contributed by atoms with Crippen LogP contribution in [0.25, 0.3) is 11.3 Å². The number of hydrogen-bond acceptors (Lipinski definition) is 5. The van der Waals surface area contributed by atoms with E-state index in [2.05, 4.69) is 15.5 Å². The third kappa shape index (κ3) is 3.60. The van der Waals surface area contributed by atoms with Crippen LogP contribution in [0.1, 0.15) is 16.2 Å². The Hall–Kier alpha value is -3.36. The molecule has 0 atom stereocenters. The highest BCUT2D eigenvalue weighted by Crippen LogP contribution is 2.26. The molecule has 0 aliphatic heterocycles. The molecule has 0 saturated carbocycles. The number of pyridine rings is 1. The van der Waals surface area contributed by atoms with E-state index in [0.717, 1.165) is 6.07 Å². The van der Waals surface area contributed by atoms with E-state index in [9.17, 15) is 18.0 Å². The molecule has 0 fully saturated rings. The summed E-state index contributed by atoms with van der Waals surface area (Å²) >= 11 is 0. The fraction of sp³-hybridized carbons (Fsp3) is 0.0625. The number of carbonyl (C=O) groups is 1. The van der Waals surface area contributed by atoms with Crippen LogP contribution in [0.15, 0.2) is 40.9 Å². The van der Waals surface area contributed by atoms with Crippen molar-refractivity contribution in [2.24, 2.45) is 0 Å². The largest absolute Gasteiger partial charge is 0.384 e. The van der Waals surface area contributed by atoms with Gasteiger partial charge in [0.25, 0.3) is 5.91 Å². The van der Waals surface area contributed by atoms with Gasteiger partial charge in [-0.3, -0.25) is 4.79 Å². The first kappa shape index (κ1) is 16.5. The van der Waals surface area contributed by atoms with Crippen LogP contribution in [0.3, 0.4) is 0 Å². The molecule has 3 aromatic rings. The van der Waals surface area contributed by atoms with Gasteiger partial charge in [-0.1, -0.05) is 11.2 Å². The van der Waals surface area contributed by atoms with E-state index in [1.165, 1.54) is 0 Å². The van der Waals surface area contributed by atoms with Crippen LogP contribution in [0.5, 0.6) is 0 Å². The van der Waals surface area contributed by atoms with Gasteiger partial charge in [-0.2, -0.15) is 0 Å². The lowest BCUT2D eigenvalue weighted by atomic mass is 10.1. The van der Waals surface area contributed by atoms with E-state index in [-0.39, 0.29) is 18.0 Å². The molecule has 1 amide bonds. The van der Waals surface area contributed by atoms with Crippen molar-refractivity contribution in [3.8, 4) is 11.3 Å². The topological polar surface area (TPSA) is 94.0 Å². The van der Waals surface area contributed by atoms with Crippen LogP contribution >= 0.6 is 0 Å². The van der Waals surface area contributed by atoms with Gasteiger partial charge in [0.1, 0.15) is 29.0 Å². The fourth-order valence-electron chi connectivity index (χ4n) is 2.14. The molecule has 6 nitrogen and oxygen atoms in total. The van der Waals surface area contributed by atoms with Crippen LogP contribution in [-0.2, 0) is 6.54 Å². The molecule has 0 saturated heterocycles. The second kappa shape index (κ2) is 6.63. The molecule has 0 radical (unpaired) electrons. The van der Waals surface area contributed by atoms with Crippen molar-refractivity contribution in [2.75, 3.05) is 5.73 Å². The lowest BCUT2D eigenvalue weighted by Gasteiger charge is -2.02. The molecule has 3 N–H and O–H groups in total. The Kier molecular flexibility index (Phi) is 4.38. The van der Waals surface area contributed by atoms with Crippen LogP contribution in [-0.4, -0.2) is 16.0 Å². The number of nitrogens with two attached hydrogens (primary N) is 1. The molecule has 25 heavy (non-hydrogen) atoms. The van der Waals surface area contributed by atoms with Gasteiger partial charge in [0, 0.05) is 18.2 Å². The monoisotopic (exact) mass is 348 g/mol. The third-order valence-corrected chi connectivity index (χ3v) is 3.26. The summed E-state index contributed by atoms with van der Waals surface area (Å²) in [5, 5.41) is 5.96. The van der Waals surface area contributed by atoms with Crippen molar-refractivity contribution in [1.82, 2.24) is 15.5 Å². The molecule has 0 spiro atoms. The first-order valence-electron chi connectivity index (χ1n) is 7.05. The summed E-state index contributed by atoms with van der Waals surface area (Å²) in [6.45, 7) is 0.0686. The van der Waals surface area contributed by atoms with Gasteiger partial charge in [-0.05, 0) is 12.1 Å². The number of nitrogens with zero attached hydrogens (tertiary/aromatic N) is 2. The lowest BCUT2D eigenvalue weighted by molar-refractivity contribution is 0.0913. The fourth-order valence-corrected chi connectivity index (χ4v) is 2.14. The maximum atomic E-state index is 13.7. The summed E-state index contributed by atoms with van der Waals surface area (Å²) in [4.78, 5) is 16.0. The highest BCUT2D eigenvalue weighted by atomic mass is 19.1. The zero-order valence-corrected chi connectivity index (χ0v) is 12.6. The van der Waals surface area contributed by atoms with Crippen molar-refractivity contribution >= 4 is 11.7 Å². The number of benzene rings is 1. The molecule has 0 bridgehead atoms. The Morgan fingerprint density at radius 3 is 2.56 bits per heavy atom. The van der Waals surface area contributed by atoms with Gasteiger partial charge in [0.15, 0.2) is 0 Å². The predicted molar refractivity (Wildman–Crippen MR) is 81.6 cm³/mol. The summed E-state index contributed by atoms with van der Waals surface area (Å²) in [7, 11) is 0. The average molecular weight is 348 g/mol. The second-order valence-corrected chi connectivity index (χ2v) is 5.06. The smallest absolute Gasteiger partial charge is 0.290 e. The Labute approximate surface area is 139 Å². The van der Waals surface area contributed by atoms with Gasteiger partial charge in [0.2, 0.25) is 5.76 Å². The first-order chi connectivity index (χ1) is 11.9. The number of halogens is 3. The number of aromatic nitrogens is 2. The second-order valence-electron chi connectivity index (χ2n) is 5.06. The number of amides is 1. The molecular weight excluding hydrogens is 337 g/mol. The van der Waals surface area contributed by atoms with E-state index in [0.29, 0.717) is 23.6 Å². The zero-order valence-electron chi connectivity index (χ0n) is 12.6. The quantitative estimate of drug-likeness (QED) is 0.756. The third-order valence-electron chi connectivity index (χ3n) is 3.26. The highest BCUT2D eigenvalue weighted by molar-refractivity contribution is 5.92. The van der Waals surface area contributed by atoms with Gasteiger partial charge in [-0.25, -0.2) is 18.2 Å². The molecule has 0 aliphatic carbocycles. The van der Waals surface area contributed by atoms with Gasteiger partial charge >= 0.3 is 0 Å². The summed E-state index contributed by atoms with van der Waals surface area (Å²) < 4.78 is 45.2. The highest BCUT2D eigenvalue weighted by Gasteiger charge is 2.20. The summed E-state index contributed by atoms with van der Waals surface area (Å²) in [5.74, 6) is -3.98. The normalized spacial score (nSPS) is 10.7. The van der Waals surface area contributed by atoms with Gasteiger partial charge in [0.05, 0.1) is 17.8 Å². The number of nitrogen functional groups attached to an aromatic ring is 1. The molecular formula is C16H11F3N4O2. The predicted octanol–water partition coefficient (Wildman–Crippen LogP) is 2.67. The summed E-state index contributed by atoms with van der Waals surface area (Å²) in [6, 6.07) is 7.01. The zero-order chi connectivity index (χ0) is 18.0. The van der Waals surface area contributed by atoms with E-state index < -0.39 is 28.9 Å².